The fourth-order valence-electron chi connectivity index (χ4n) is 1.71. The first-order valence-electron chi connectivity index (χ1n) is 5.84. The summed E-state index contributed by atoms with van der Waals surface area (Å²) in [6, 6.07) is 5.58. The van der Waals surface area contributed by atoms with Gasteiger partial charge in [0.2, 0.25) is 0 Å². The lowest BCUT2D eigenvalue weighted by atomic mass is 10.2. The Morgan fingerprint density at radius 2 is 2.10 bits per heavy atom. The van der Waals surface area contributed by atoms with Crippen LogP contribution in [0.25, 0.3) is 0 Å². The van der Waals surface area contributed by atoms with Gasteiger partial charge >= 0.3 is 6.61 Å². The second-order valence-corrected chi connectivity index (χ2v) is 4.17. The van der Waals surface area contributed by atoms with Crippen molar-refractivity contribution in [1.82, 2.24) is 15.1 Å². The average Bonchev–Trinajstić information content (AvgIpc) is 2.91. The van der Waals surface area contributed by atoms with Crippen LogP contribution in [0, 0.1) is 0 Å². The first-order chi connectivity index (χ1) is 9.56. The molecule has 1 aromatic heterocycles. The highest BCUT2D eigenvalue weighted by molar-refractivity contribution is 5.94. The summed E-state index contributed by atoms with van der Waals surface area (Å²) in [5.41, 5.74) is 1.27. The standard InChI is InChI=1S/C13H13F2N3O2/c1-18(8-9-6-16-17-7-9)12(19)10-2-4-11(5-3-10)20-13(14)15/h2-7,13H,8H2,1H3,(H,16,17). The maximum Gasteiger partial charge on any atom is 0.387 e. The zero-order valence-corrected chi connectivity index (χ0v) is 10.7. The van der Waals surface area contributed by atoms with Crippen molar-refractivity contribution in [3.63, 3.8) is 0 Å². The van der Waals surface area contributed by atoms with E-state index in [0.29, 0.717) is 12.1 Å². The number of ether oxygens (including phenoxy) is 1. The minimum Gasteiger partial charge on any atom is -0.435 e. The number of H-pyrrole nitrogens is 1. The minimum atomic E-state index is -2.87. The summed E-state index contributed by atoms with van der Waals surface area (Å²) in [7, 11) is 1.65. The molecule has 1 amide bonds. The van der Waals surface area contributed by atoms with E-state index in [0.717, 1.165) is 5.56 Å². The highest BCUT2D eigenvalue weighted by Gasteiger charge is 2.13. The highest BCUT2D eigenvalue weighted by atomic mass is 19.3. The molecule has 0 spiro atoms. The number of hydrogen-bond acceptors (Lipinski definition) is 3. The predicted octanol–water partition coefficient (Wildman–Crippen LogP) is 2.28. The third-order valence-electron chi connectivity index (χ3n) is 2.65. The van der Waals surface area contributed by atoms with Gasteiger partial charge in [0.15, 0.2) is 0 Å². The van der Waals surface area contributed by atoms with Crippen LogP contribution < -0.4 is 4.74 Å². The number of carbonyl (C=O) groups excluding carboxylic acids is 1. The molecule has 0 saturated carbocycles. The lowest BCUT2D eigenvalue weighted by Gasteiger charge is -2.16. The fourth-order valence-corrected chi connectivity index (χ4v) is 1.71. The zero-order valence-electron chi connectivity index (χ0n) is 10.7. The molecule has 5 nitrogen and oxygen atoms in total. The molecular weight excluding hydrogens is 268 g/mol. The Balaban J connectivity index is 2.01. The van der Waals surface area contributed by atoms with Gasteiger partial charge in [-0.15, -0.1) is 0 Å². The fraction of sp³-hybridized carbons (Fsp3) is 0.231. The molecule has 0 aliphatic rings. The van der Waals surface area contributed by atoms with Crippen LogP contribution in [-0.2, 0) is 6.54 Å². The van der Waals surface area contributed by atoms with Gasteiger partial charge in [-0.05, 0) is 24.3 Å². The minimum absolute atomic E-state index is 0.0223. The second-order valence-electron chi connectivity index (χ2n) is 4.17. The molecule has 7 heteroatoms. The molecule has 0 bridgehead atoms. The van der Waals surface area contributed by atoms with Gasteiger partial charge in [0, 0.05) is 30.9 Å². The third kappa shape index (κ3) is 3.53. The number of rotatable bonds is 5. The lowest BCUT2D eigenvalue weighted by molar-refractivity contribution is -0.0498. The number of nitrogens with one attached hydrogen (secondary N) is 1. The number of hydrogen-bond donors (Lipinski definition) is 1. The largest absolute Gasteiger partial charge is 0.435 e. The van der Waals surface area contributed by atoms with E-state index >= 15 is 0 Å². The van der Waals surface area contributed by atoms with Crippen LogP contribution in [0.3, 0.4) is 0 Å². The Morgan fingerprint density at radius 3 is 2.65 bits per heavy atom. The van der Waals surface area contributed by atoms with Crippen molar-refractivity contribution in [3.8, 4) is 5.75 Å². The van der Waals surface area contributed by atoms with Crippen LogP contribution in [0.2, 0.25) is 0 Å². The van der Waals surface area contributed by atoms with E-state index in [1.54, 1.807) is 19.4 Å². The Morgan fingerprint density at radius 1 is 1.40 bits per heavy atom. The summed E-state index contributed by atoms with van der Waals surface area (Å²) in [5.74, 6) is -0.191. The molecule has 0 radical (unpaired) electrons. The van der Waals surface area contributed by atoms with Crippen molar-refractivity contribution in [1.29, 1.82) is 0 Å². The molecule has 0 atom stereocenters. The summed E-state index contributed by atoms with van der Waals surface area (Å²) in [4.78, 5) is 13.6. The van der Waals surface area contributed by atoms with Crippen molar-refractivity contribution in [3.05, 3.63) is 47.8 Å². The summed E-state index contributed by atoms with van der Waals surface area (Å²) >= 11 is 0. The molecule has 2 rings (SSSR count). The van der Waals surface area contributed by atoms with Gasteiger partial charge in [-0.1, -0.05) is 0 Å². The third-order valence-corrected chi connectivity index (χ3v) is 2.65. The molecule has 0 aliphatic heterocycles. The number of carbonyl (C=O) groups is 1. The van der Waals surface area contributed by atoms with E-state index in [1.165, 1.54) is 29.2 Å². The van der Waals surface area contributed by atoms with Crippen molar-refractivity contribution in [2.24, 2.45) is 0 Å². The van der Waals surface area contributed by atoms with Gasteiger partial charge in [-0.3, -0.25) is 9.89 Å². The van der Waals surface area contributed by atoms with Crippen molar-refractivity contribution in [2.45, 2.75) is 13.2 Å². The number of alkyl halides is 2. The Bertz CT molecular complexity index is 556. The molecule has 1 heterocycles. The zero-order chi connectivity index (χ0) is 14.5. The van der Waals surface area contributed by atoms with Gasteiger partial charge in [-0.2, -0.15) is 13.9 Å². The van der Waals surface area contributed by atoms with Gasteiger partial charge in [0.05, 0.1) is 6.20 Å². The van der Waals surface area contributed by atoms with E-state index in [4.69, 9.17) is 0 Å². The van der Waals surface area contributed by atoms with Gasteiger partial charge in [0.1, 0.15) is 5.75 Å². The molecule has 20 heavy (non-hydrogen) atoms. The van der Waals surface area contributed by atoms with Crippen LogP contribution in [0.4, 0.5) is 8.78 Å². The topological polar surface area (TPSA) is 58.2 Å². The highest BCUT2D eigenvalue weighted by Crippen LogP contribution is 2.16. The smallest absolute Gasteiger partial charge is 0.387 e. The van der Waals surface area contributed by atoms with E-state index in [-0.39, 0.29) is 11.7 Å². The number of aromatic amines is 1. The second kappa shape index (κ2) is 6.14. The summed E-state index contributed by atoms with van der Waals surface area (Å²) < 4.78 is 28.3. The van der Waals surface area contributed by atoms with Crippen LogP contribution >= 0.6 is 0 Å². The van der Waals surface area contributed by atoms with E-state index in [2.05, 4.69) is 14.9 Å². The lowest BCUT2D eigenvalue weighted by Crippen LogP contribution is -2.25. The average molecular weight is 281 g/mol. The summed E-state index contributed by atoms with van der Waals surface area (Å²) in [6.07, 6.45) is 3.33. The molecule has 1 N–H and O–H groups in total. The number of aromatic nitrogens is 2. The molecule has 0 saturated heterocycles. The quantitative estimate of drug-likeness (QED) is 0.914. The molecule has 2 aromatic rings. The van der Waals surface area contributed by atoms with Crippen molar-refractivity contribution in [2.75, 3.05) is 7.05 Å². The van der Waals surface area contributed by atoms with Crippen molar-refractivity contribution < 1.29 is 18.3 Å². The Labute approximate surface area is 114 Å². The molecular formula is C13H13F2N3O2. The SMILES string of the molecule is CN(Cc1cn[nH]c1)C(=O)c1ccc(OC(F)F)cc1. The number of amides is 1. The van der Waals surface area contributed by atoms with Crippen molar-refractivity contribution >= 4 is 5.91 Å². The monoisotopic (exact) mass is 281 g/mol. The summed E-state index contributed by atoms with van der Waals surface area (Å²) in [6.45, 7) is -2.47. The summed E-state index contributed by atoms with van der Waals surface area (Å²) in [5, 5.41) is 6.46. The maximum absolute atomic E-state index is 12.1. The maximum atomic E-state index is 12.1. The van der Waals surface area contributed by atoms with Crippen LogP contribution in [0.1, 0.15) is 15.9 Å². The van der Waals surface area contributed by atoms with E-state index in [9.17, 15) is 13.6 Å². The molecule has 0 fully saturated rings. The molecule has 0 aliphatic carbocycles. The Kier molecular flexibility index (Phi) is 4.29. The van der Waals surface area contributed by atoms with E-state index < -0.39 is 6.61 Å². The normalized spacial score (nSPS) is 10.6. The molecule has 0 unspecified atom stereocenters. The van der Waals surface area contributed by atoms with Crippen LogP contribution in [0.15, 0.2) is 36.7 Å². The molecule has 1 aromatic carbocycles. The molecule has 106 valence electrons. The number of nitrogens with zero attached hydrogens (tertiary/aromatic N) is 2. The number of benzene rings is 1. The van der Waals surface area contributed by atoms with Gasteiger partial charge in [0.25, 0.3) is 5.91 Å². The van der Waals surface area contributed by atoms with Crippen LogP contribution in [-0.4, -0.2) is 34.7 Å². The Hall–Kier alpha value is -2.44. The van der Waals surface area contributed by atoms with E-state index in [1.807, 2.05) is 0 Å². The predicted molar refractivity (Wildman–Crippen MR) is 67.5 cm³/mol. The van der Waals surface area contributed by atoms with Crippen LogP contribution in [0.5, 0.6) is 5.75 Å². The first kappa shape index (κ1) is 14.0. The van der Waals surface area contributed by atoms with Gasteiger partial charge in [-0.25, -0.2) is 0 Å². The van der Waals surface area contributed by atoms with Gasteiger partial charge < -0.3 is 9.64 Å². The first-order valence-corrected chi connectivity index (χ1v) is 5.84. The number of halogens is 2.